The van der Waals surface area contributed by atoms with Crippen molar-refractivity contribution in [2.75, 3.05) is 13.7 Å². The van der Waals surface area contributed by atoms with E-state index in [0.717, 1.165) is 23.1 Å². The summed E-state index contributed by atoms with van der Waals surface area (Å²) in [6, 6.07) is 13.2. The Bertz CT molecular complexity index is 858. The molecule has 0 aliphatic rings. The molecule has 0 aliphatic heterocycles. The zero-order valence-corrected chi connectivity index (χ0v) is 16.5. The number of hydrogen-bond acceptors (Lipinski definition) is 4. The van der Waals surface area contributed by atoms with Gasteiger partial charge in [-0.2, -0.15) is 4.72 Å². The zero-order valence-electron chi connectivity index (χ0n) is 15.7. The van der Waals surface area contributed by atoms with E-state index in [2.05, 4.69) is 4.72 Å². The van der Waals surface area contributed by atoms with Crippen LogP contribution in [0.25, 0.3) is 11.1 Å². The first kappa shape index (κ1) is 21.1. The van der Waals surface area contributed by atoms with Gasteiger partial charge in [0.05, 0.1) is 11.5 Å². The Morgan fingerprint density at radius 3 is 2.00 bits per heavy atom. The standard InChI is InChI=1S/C20H25NO5S/c1-14(2)19(20(22)23)21-27(24,25)18-10-8-17(9-11-18)16-6-4-15(5-7-16)12-13-26-3/h4-11,14,19,21H,12-13H2,1-3H3,(H,22,23). The number of rotatable bonds is 9. The largest absolute Gasteiger partial charge is 0.480 e. The molecule has 1 unspecified atom stereocenters. The molecule has 0 saturated carbocycles. The summed E-state index contributed by atoms with van der Waals surface area (Å²) in [6.45, 7) is 3.97. The summed E-state index contributed by atoms with van der Waals surface area (Å²) in [5, 5.41) is 9.19. The lowest BCUT2D eigenvalue weighted by atomic mass is 10.0. The smallest absolute Gasteiger partial charge is 0.322 e. The second-order valence-electron chi connectivity index (χ2n) is 6.65. The number of nitrogens with one attached hydrogen (secondary N) is 1. The number of benzene rings is 2. The van der Waals surface area contributed by atoms with E-state index in [4.69, 9.17) is 4.74 Å². The fourth-order valence-electron chi connectivity index (χ4n) is 2.62. The van der Waals surface area contributed by atoms with E-state index >= 15 is 0 Å². The van der Waals surface area contributed by atoms with Gasteiger partial charge in [0, 0.05) is 7.11 Å². The van der Waals surface area contributed by atoms with Crippen molar-refractivity contribution >= 4 is 16.0 Å². The van der Waals surface area contributed by atoms with E-state index in [1.807, 2.05) is 24.3 Å². The third-order valence-electron chi connectivity index (χ3n) is 4.26. The molecular formula is C20H25NO5S. The highest BCUT2D eigenvalue weighted by Gasteiger charge is 2.27. The predicted molar refractivity (Wildman–Crippen MR) is 104 cm³/mol. The average molecular weight is 391 g/mol. The molecule has 2 aromatic carbocycles. The maximum absolute atomic E-state index is 12.5. The van der Waals surface area contributed by atoms with Crippen LogP contribution in [0.15, 0.2) is 53.4 Å². The van der Waals surface area contributed by atoms with Crippen molar-refractivity contribution in [2.24, 2.45) is 5.92 Å². The SMILES string of the molecule is COCCc1ccc(-c2ccc(S(=O)(=O)NC(C(=O)O)C(C)C)cc2)cc1. The third kappa shape index (κ3) is 5.63. The van der Waals surface area contributed by atoms with Crippen LogP contribution in [-0.4, -0.2) is 39.3 Å². The Balaban J connectivity index is 2.17. The maximum Gasteiger partial charge on any atom is 0.322 e. The Labute approximate surface area is 160 Å². The normalized spacial score (nSPS) is 12.9. The number of aliphatic carboxylic acids is 1. The van der Waals surface area contributed by atoms with Crippen LogP contribution in [0, 0.1) is 5.92 Å². The monoisotopic (exact) mass is 391 g/mol. The van der Waals surface area contributed by atoms with E-state index in [-0.39, 0.29) is 10.8 Å². The zero-order chi connectivity index (χ0) is 20.0. The maximum atomic E-state index is 12.5. The minimum absolute atomic E-state index is 0.0369. The lowest BCUT2D eigenvalue weighted by Crippen LogP contribution is -2.44. The van der Waals surface area contributed by atoms with Crippen molar-refractivity contribution in [1.29, 1.82) is 0 Å². The van der Waals surface area contributed by atoms with Crippen molar-refractivity contribution < 1.29 is 23.1 Å². The number of carboxylic acid groups (broad SMARTS) is 1. The van der Waals surface area contributed by atoms with Gasteiger partial charge in [0.1, 0.15) is 6.04 Å². The molecule has 0 spiro atoms. The molecule has 0 amide bonds. The molecule has 0 saturated heterocycles. The minimum Gasteiger partial charge on any atom is -0.480 e. The molecule has 146 valence electrons. The van der Waals surface area contributed by atoms with Gasteiger partial charge >= 0.3 is 5.97 Å². The van der Waals surface area contributed by atoms with E-state index in [1.165, 1.54) is 12.1 Å². The average Bonchev–Trinajstić information content (AvgIpc) is 2.64. The second kappa shape index (κ2) is 9.12. The molecule has 1 atom stereocenters. The number of ether oxygens (including phenoxy) is 1. The van der Waals surface area contributed by atoms with E-state index in [0.29, 0.717) is 6.61 Å². The summed E-state index contributed by atoms with van der Waals surface area (Å²) >= 11 is 0. The molecule has 0 heterocycles. The molecule has 0 fully saturated rings. The first-order chi connectivity index (χ1) is 12.7. The highest BCUT2D eigenvalue weighted by molar-refractivity contribution is 7.89. The van der Waals surface area contributed by atoms with Crippen molar-refractivity contribution in [3.05, 3.63) is 54.1 Å². The number of hydrogen-bond donors (Lipinski definition) is 2. The van der Waals surface area contributed by atoms with E-state index in [9.17, 15) is 18.3 Å². The Hall–Kier alpha value is -2.22. The number of carbonyl (C=O) groups is 1. The lowest BCUT2D eigenvalue weighted by Gasteiger charge is -2.18. The lowest BCUT2D eigenvalue weighted by molar-refractivity contribution is -0.140. The van der Waals surface area contributed by atoms with Gasteiger partial charge in [0.25, 0.3) is 0 Å². The molecule has 2 N–H and O–H groups in total. The van der Waals surface area contributed by atoms with Gasteiger partial charge in [-0.3, -0.25) is 4.79 Å². The molecule has 0 radical (unpaired) electrons. The van der Waals surface area contributed by atoms with Gasteiger partial charge in [0.15, 0.2) is 0 Å². The van der Waals surface area contributed by atoms with Crippen LogP contribution in [0.4, 0.5) is 0 Å². The number of carboxylic acids is 1. The van der Waals surface area contributed by atoms with Gasteiger partial charge in [-0.25, -0.2) is 8.42 Å². The van der Waals surface area contributed by atoms with E-state index in [1.54, 1.807) is 33.1 Å². The molecule has 6 nitrogen and oxygen atoms in total. The first-order valence-corrected chi connectivity index (χ1v) is 10.2. The predicted octanol–water partition coefficient (Wildman–Crippen LogP) is 2.93. The summed E-state index contributed by atoms with van der Waals surface area (Å²) < 4.78 is 32.2. The van der Waals surface area contributed by atoms with Gasteiger partial charge in [0.2, 0.25) is 10.0 Å². The Morgan fingerprint density at radius 2 is 1.56 bits per heavy atom. The van der Waals surface area contributed by atoms with Gasteiger partial charge in [-0.05, 0) is 41.2 Å². The van der Waals surface area contributed by atoms with Crippen LogP contribution in [0.5, 0.6) is 0 Å². The van der Waals surface area contributed by atoms with Crippen LogP contribution in [0.2, 0.25) is 0 Å². The van der Waals surface area contributed by atoms with Gasteiger partial charge in [-0.1, -0.05) is 50.2 Å². The highest BCUT2D eigenvalue weighted by Crippen LogP contribution is 2.22. The summed E-state index contributed by atoms with van der Waals surface area (Å²) in [5.74, 6) is -1.56. The van der Waals surface area contributed by atoms with Crippen LogP contribution in [0.1, 0.15) is 19.4 Å². The Kier molecular flexibility index (Phi) is 7.12. The molecular weight excluding hydrogens is 366 g/mol. The van der Waals surface area contributed by atoms with Crippen LogP contribution in [0.3, 0.4) is 0 Å². The first-order valence-electron chi connectivity index (χ1n) is 8.68. The summed E-state index contributed by atoms with van der Waals surface area (Å²) in [7, 11) is -2.24. The summed E-state index contributed by atoms with van der Waals surface area (Å²) in [6.07, 6.45) is 0.834. The van der Waals surface area contributed by atoms with Crippen molar-refractivity contribution in [1.82, 2.24) is 4.72 Å². The van der Waals surface area contributed by atoms with Gasteiger partial charge < -0.3 is 9.84 Å². The molecule has 2 rings (SSSR count). The third-order valence-corrected chi connectivity index (χ3v) is 5.72. The van der Waals surface area contributed by atoms with Gasteiger partial charge in [-0.15, -0.1) is 0 Å². The number of sulfonamides is 1. The van der Waals surface area contributed by atoms with Crippen molar-refractivity contribution in [2.45, 2.75) is 31.2 Å². The van der Waals surface area contributed by atoms with Crippen LogP contribution >= 0.6 is 0 Å². The van der Waals surface area contributed by atoms with E-state index < -0.39 is 22.0 Å². The van der Waals surface area contributed by atoms with Crippen molar-refractivity contribution in [3.8, 4) is 11.1 Å². The minimum atomic E-state index is -3.91. The molecule has 27 heavy (non-hydrogen) atoms. The summed E-state index contributed by atoms with van der Waals surface area (Å²) in [4.78, 5) is 11.3. The fraction of sp³-hybridized carbons (Fsp3) is 0.350. The topological polar surface area (TPSA) is 92.7 Å². The fourth-order valence-corrected chi connectivity index (χ4v) is 3.95. The second-order valence-corrected chi connectivity index (χ2v) is 8.36. The molecule has 0 aromatic heterocycles. The number of methoxy groups -OCH3 is 1. The molecule has 2 aromatic rings. The molecule has 0 bridgehead atoms. The van der Waals surface area contributed by atoms with Crippen LogP contribution in [-0.2, 0) is 26.0 Å². The highest BCUT2D eigenvalue weighted by atomic mass is 32.2. The molecule has 0 aliphatic carbocycles. The van der Waals surface area contributed by atoms with Crippen molar-refractivity contribution in [3.63, 3.8) is 0 Å². The Morgan fingerprint density at radius 1 is 1.04 bits per heavy atom. The van der Waals surface area contributed by atoms with Crippen LogP contribution < -0.4 is 4.72 Å². The summed E-state index contributed by atoms with van der Waals surface area (Å²) in [5.41, 5.74) is 3.02. The molecule has 7 heteroatoms. The quantitative estimate of drug-likeness (QED) is 0.686.